The number of amides is 1. The second-order valence-corrected chi connectivity index (χ2v) is 14.8. The van der Waals surface area contributed by atoms with Crippen molar-refractivity contribution < 1.29 is 24.2 Å². The van der Waals surface area contributed by atoms with E-state index in [2.05, 4.69) is 24.1 Å². The Kier molecular flexibility index (Phi) is 8.14. The first-order valence-corrected chi connectivity index (χ1v) is 16.9. The van der Waals surface area contributed by atoms with E-state index in [1.165, 1.54) is 6.20 Å². The summed E-state index contributed by atoms with van der Waals surface area (Å²) in [6, 6.07) is 22.1. The molecule has 3 aliphatic rings. The SMILES string of the molecule is CC1(C)CCC2(CC1)N([C@H](c1ccccc1)[C@@H](O)c1ccccc1)[C@@H](C(=O)O)[C@H](c1c(F)ccnc1Cl)C21C(=O)Nc2cc(Cl)ccc21. The Balaban J connectivity index is 1.63. The van der Waals surface area contributed by atoms with Crippen LogP contribution in [0.5, 0.6) is 0 Å². The van der Waals surface area contributed by atoms with Crippen molar-refractivity contribution in [1.82, 2.24) is 9.88 Å². The number of aliphatic hydroxyl groups excluding tert-OH is 1. The van der Waals surface area contributed by atoms with Gasteiger partial charge in [-0.2, -0.15) is 0 Å². The fourth-order valence-corrected chi connectivity index (χ4v) is 9.42. The number of rotatable bonds is 6. The van der Waals surface area contributed by atoms with Crippen molar-refractivity contribution in [2.45, 2.75) is 74.6 Å². The first-order chi connectivity index (χ1) is 22.9. The summed E-state index contributed by atoms with van der Waals surface area (Å²) in [6.07, 6.45) is 2.07. The highest BCUT2D eigenvalue weighted by Crippen LogP contribution is 2.70. The van der Waals surface area contributed by atoms with Crippen LogP contribution in [0, 0.1) is 11.2 Å². The minimum atomic E-state index is -1.66. The summed E-state index contributed by atoms with van der Waals surface area (Å²) in [5.74, 6) is -3.82. The molecule has 1 aromatic heterocycles. The fraction of sp³-hybridized carbons (Fsp3) is 0.342. The largest absolute Gasteiger partial charge is 0.480 e. The molecule has 248 valence electrons. The fourth-order valence-electron chi connectivity index (χ4n) is 8.98. The van der Waals surface area contributed by atoms with Gasteiger partial charge in [-0.05, 0) is 66.0 Å². The monoisotopic (exact) mass is 687 g/mol. The molecule has 48 heavy (non-hydrogen) atoms. The van der Waals surface area contributed by atoms with Gasteiger partial charge in [0, 0.05) is 33.9 Å². The van der Waals surface area contributed by atoms with E-state index in [0.29, 0.717) is 53.1 Å². The van der Waals surface area contributed by atoms with Gasteiger partial charge in [0.2, 0.25) is 5.91 Å². The number of carboxylic acids is 1. The maximum absolute atomic E-state index is 16.4. The van der Waals surface area contributed by atoms with Crippen molar-refractivity contribution >= 4 is 40.8 Å². The number of likely N-dealkylation sites (tertiary alicyclic amines) is 1. The van der Waals surface area contributed by atoms with Gasteiger partial charge in [-0.15, -0.1) is 0 Å². The van der Waals surface area contributed by atoms with Gasteiger partial charge < -0.3 is 15.5 Å². The van der Waals surface area contributed by atoms with E-state index in [9.17, 15) is 15.0 Å². The number of hydrogen-bond donors (Lipinski definition) is 3. The first kappa shape index (κ1) is 32.7. The molecule has 0 radical (unpaired) electrons. The summed E-state index contributed by atoms with van der Waals surface area (Å²) < 4.78 is 16.4. The Morgan fingerprint density at radius 2 is 1.58 bits per heavy atom. The highest BCUT2D eigenvalue weighted by atomic mass is 35.5. The van der Waals surface area contributed by atoms with Crippen molar-refractivity contribution in [3.05, 3.63) is 129 Å². The molecule has 2 spiro atoms. The number of benzene rings is 3. The third-order valence-electron chi connectivity index (χ3n) is 11.1. The molecule has 5 atom stereocenters. The van der Waals surface area contributed by atoms with Gasteiger partial charge in [0.1, 0.15) is 22.4 Å². The molecule has 3 N–H and O–H groups in total. The third kappa shape index (κ3) is 4.79. The van der Waals surface area contributed by atoms with Gasteiger partial charge in [0.15, 0.2) is 0 Å². The average Bonchev–Trinajstić information content (AvgIpc) is 3.49. The van der Waals surface area contributed by atoms with Gasteiger partial charge >= 0.3 is 5.97 Å². The molecule has 10 heteroatoms. The molecule has 7 rings (SSSR count). The average molecular weight is 689 g/mol. The molecule has 1 amide bonds. The molecule has 0 bridgehead atoms. The Morgan fingerprint density at radius 1 is 0.958 bits per heavy atom. The van der Waals surface area contributed by atoms with Gasteiger partial charge in [0.05, 0.1) is 12.1 Å². The summed E-state index contributed by atoms with van der Waals surface area (Å²) in [6.45, 7) is 4.32. The minimum absolute atomic E-state index is 0.121. The predicted octanol–water partition coefficient (Wildman–Crippen LogP) is 8.08. The van der Waals surface area contributed by atoms with E-state index < -0.39 is 52.8 Å². The van der Waals surface area contributed by atoms with Crippen molar-refractivity contribution in [1.29, 1.82) is 0 Å². The summed E-state index contributed by atoms with van der Waals surface area (Å²) in [7, 11) is 0. The summed E-state index contributed by atoms with van der Waals surface area (Å²) in [5.41, 5.74) is -0.962. The molecular formula is C38H36Cl2FN3O4. The second-order valence-electron chi connectivity index (χ2n) is 14.0. The maximum atomic E-state index is 16.4. The van der Waals surface area contributed by atoms with Gasteiger partial charge in [0.25, 0.3) is 0 Å². The van der Waals surface area contributed by atoms with Crippen LogP contribution < -0.4 is 5.32 Å². The number of carbonyl (C=O) groups excluding carboxylic acids is 1. The summed E-state index contributed by atoms with van der Waals surface area (Å²) in [4.78, 5) is 35.2. The number of aliphatic hydroxyl groups is 1. The lowest BCUT2D eigenvalue weighted by molar-refractivity contribution is -0.150. The van der Waals surface area contributed by atoms with Crippen LogP contribution in [0.15, 0.2) is 91.1 Å². The third-order valence-corrected chi connectivity index (χ3v) is 11.6. The van der Waals surface area contributed by atoms with Crippen LogP contribution in [-0.4, -0.2) is 43.6 Å². The summed E-state index contributed by atoms with van der Waals surface area (Å²) in [5, 5.41) is 27.1. The smallest absolute Gasteiger partial charge is 0.321 e. The van der Waals surface area contributed by atoms with Crippen LogP contribution in [0.3, 0.4) is 0 Å². The molecule has 3 aromatic carbocycles. The standard InChI is InChI=1S/C38H36Cl2FN3O4/c1-36(2)16-18-37(19-17-36)38(25-14-13-24(39)21-27(25)43-35(38)48)29(28-26(41)15-20-42-33(28)40)31(34(46)47)44(37)30(22-9-5-3-6-10-22)32(45)23-11-7-4-8-12-23/h3-15,20-21,29-32,45H,16-19H2,1-2H3,(H,43,48)(H,46,47)/t29-,30+,31+,32-,38?/m0/s1. The van der Waals surface area contributed by atoms with Gasteiger partial charge in [-0.3, -0.25) is 14.5 Å². The number of pyridine rings is 1. The van der Waals surface area contributed by atoms with Crippen LogP contribution in [0.4, 0.5) is 10.1 Å². The Hall–Kier alpha value is -3.82. The molecule has 2 aliphatic heterocycles. The number of nitrogens with zero attached hydrogens (tertiary/aromatic N) is 2. The van der Waals surface area contributed by atoms with Crippen molar-refractivity contribution in [3.63, 3.8) is 0 Å². The molecule has 1 saturated carbocycles. The van der Waals surface area contributed by atoms with E-state index in [1.54, 1.807) is 30.3 Å². The van der Waals surface area contributed by atoms with E-state index in [-0.39, 0.29) is 16.1 Å². The lowest BCUT2D eigenvalue weighted by Crippen LogP contribution is -2.63. The number of nitrogens with one attached hydrogen (secondary N) is 1. The number of halogens is 3. The quantitative estimate of drug-likeness (QED) is 0.177. The van der Waals surface area contributed by atoms with E-state index >= 15 is 9.18 Å². The molecule has 7 nitrogen and oxygen atoms in total. The summed E-state index contributed by atoms with van der Waals surface area (Å²) >= 11 is 13.2. The number of anilines is 1. The van der Waals surface area contributed by atoms with Crippen molar-refractivity contribution in [2.24, 2.45) is 5.41 Å². The molecular weight excluding hydrogens is 652 g/mol. The molecule has 4 aromatic rings. The topological polar surface area (TPSA) is 103 Å². The number of aliphatic carboxylic acids is 1. The van der Waals surface area contributed by atoms with E-state index in [4.69, 9.17) is 23.2 Å². The van der Waals surface area contributed by atoms with Crippen LogP contribution in [0.1, 0.15) is 79.8 Å². The minimum Gasteiger partial charge on any atom is -0.480 e. The van der Waals surface area contributed by atoms with Crippen molar-refractivity contribution in [2.75, 3.05) is 5.32 Å². The zero-order valence-electron chi connectivity index (χ0n) is 26.5. The number of fused-ring (bicyclic) bond motifs is 3. The lowest BCUT2D eigenvalue weighted by atomic mass is 9.53. The molecule has 3 heterocycles. The predicted molar refractivity (Wildman–Crippen MR) is 183 cm³/mol. The van der Waals surface area contributed by atoms with Gasteiger partial charge in [-0.1, -0.05) is 104 Å². The molecule has 1 saturated heterocycles. The second kappa shape index (κ2) is 11.9. The number of hydrogen-bond acceptors (Lipinski definition) is 5. The van der Waals surface area contributed by atoms with E-state index in [0.717, 1.165) is 6.07 Å². The Morgan fingerprint density at radius 3 is 2.19 bits per heavy atom. The molecule has 1 unspecified atom stereocenters. The van der Waals surface area contributed by atoms with Crippen molar-refractivity contribution in [3.8, 4) is 0 Å². The maximum Gasteiger partial charge on any atom is 0.321 e. The highest BCUT2D eigenvalue weighted by Gasteiger charge is 2.77. The first-order valence-electron chi connectivity index (χ1n) is 16.1. The molecule has 2 fully saturated rings. The Bertz CT molecular complexity index is 1860. The Labute approximate surface area is 288 Å². The van der Waals surface area contributed by atoms with Crippen LogP contribution in [0.2, 0.25) is 10.2 Å². The zero-order chi connectivity index (χ0) is 34.0. The van der Waals surface area contributed by atoms with Gasteiger partial charge in [-0.25, -0.2) is 9.37 Å². The number of carbonyl (C=O) groups is 2. The van der Waals surface area contributed by atoms with Crippen LogP contribution >= 0.6 is 23.2 Å². The normalized spacial score (nSPS) is 25.5. The zero-order valence-corrected chi connectivity index (χ0v) is 28.0. The van der Waals surface area contributed by atoms with Crippen LogP contribution in [0.25, 0.3) is 0 Å². The van der Waals surface area contributed by atoms with Crippen LogP contribution in [-0.2, 0) is 15.0 Å². The van der Waals surface area contributed by atoms with E-state index in [1.807, 2.05) is 53.4 Å². The highest BCUT2D eigenvalue weighted by molar-refractivity contribution is 6.31. The number of carboxylic acid groups (broad SMARTS) is 1. The lowest BCUT2D eigenvalue weighted by Gasteiger charge is -2.56. The molecule has 1 aliphatic carbocycles. The number of aromatic nitrogens is 1.